The average Bonchev–Trinajstić information content (AvgIpc) is 3.15. The molecule has 2 atom stereocenters. The van der Waals surface area contributed by atoms with Crippen LogP contribution in [0.5, 0.6) is 11.5 Å². The van der Waals surface area contributed by atoms with E-state index in [2.05, 4.69) is 11.4 Å². The van der Waals surface area contributed by atoms with Gasteiger partial charge in [-0.05, 0) is 52.9 Å². The summed E-state index contributed by atoms with van der Waals surface area (Å²) in [5.74, 6) is 1.56. The molecule has 0 aliphatic carbocycles. The fourth-order valence-electron chi connectivity index (χ4n) is 5.30. The van der Waals surface area contributed by atoms with Gasteiger partial charge in [0.25, 0.3) is 5.91 Å². The van der Waals surface area contributed by atoms with Gasteiger partial charge < -0.3 is 19.7 Å². The molecule has 3 aliphatic rings. The quantitative estimate of drug-likeness (QED) is 0.675. The molecular formula is C26H24N2O4. The zero-order chi connectivity index (χ0) is 21.7. The first-order chi connectivity index (χ1) is 15.7. The molecule has 162 valence electrons. The molecule has 0 unspecified atom stereocenters. The molecule has 2 saturated heterocycles. The normalized spacial score (nSPS) is 21.9. The SMILES string of the molecule is O=C1C[C@H]2CC[C@@H](CN1)N2C(=O)c1ccc(-c2ccc3c(c2)OCCO3)c2ccccc12. The van der Waals surface area contributed by atoms with Gasteiger partial charge in [-0.3, -0.25) is 9.59 Å². The largest absolute Gasteiger partial charge is 0.486 e. The summed E-state index contributed by atoms with van der Waals surface area (Å²) in [4.78, 5) is 27.7. The van der Waals surface area contributed by atoms with Crippen LogP contribution in [-0.2, 0) is 4.79 Å². The van der Waals surface area contributed by atoms with E-state index in [1.54, 1.807) is 0 Å². The van der Waals surface area contributed by atoms with E-state index in [1.165, 1.54) is 0 Å². The number of nitrogens with one attached hydrogen (secondary N) is 1. The Hall–Kier alpha value is -3.54. The van der Waals surface area contributed by atoms with Crippen LogP contribution in [0.2, 0.25) is 0 Å². The van der Waals surface area contributed by atoms with Crippen LogP contribution in [0.3, 0.4) is 0 Å². The molecule has 6 rings (SSSR count). The van der Waals surface area contributed by atoms with Gasteiger partial charge in [-0.15, -0.1) is 0 Å². The summed E-state index contributed by atoms with van der Waals surface area (Å²) in [7, 11) is 0. The third-order valence-corrected chi connectivity index (χ3v) is 6.82. The van der Waals surface area contributed by atoms with Crippen molar-refractivity contribution in [2.45, 2.75) is 31.3 Å². The smallest absolute Gasteiger partial charge is 0.255 e. The van der Waals surface area contributed by atoms with Gasteiger partial charge in [0.2, 0.25) is 5.91 Å². The van der Waals surface area contributed by atoms with Crippen molar-refractivity contribution in [3.8, 4) is 22.6 Å². The summed E-state index contributed by atoms with van der Waals surface area (Å²) in [6.07, 6.45) is 2.20. The Bertz CT molecular complexity index is 1240. The standard InChI is InChI=1S/C26H24N2O4/c29-25-14-17-6-7-18(15-27-25)28(17)26(30)22-9-8-19(20-3-1-2-4-21(20)22)16-5-10-23-24(13-16)32-12-11-31-23/h1-5,8-10,13,17-18H,6-7,11-12,14-15H2,(H,27,29)/t17-,18+/m1/s1. The number of carbonyl (C=O) groups excluding carboxylic acids is 2. The second-order valence-corrected chi connectivity index (χ2v) is 8.67. The monoisotopic (exact) mass is 428 g/mol. The van der Waals surface area contributed by atoms with Crippen molar-refractivity contribution in [3.63, 3.8) is 0 Å². The number of ether oxygens (including phenoxy) is 2. The Kier molecular flexibility index (Phi) is 4.52. The minimum Gasteiger partial charge on any atom is -0.486 e. The summed E-state index contributed by atoms with van der Waals surface area (Å²) in [6.45, 7) is 1.64. The van der Waals surface area contributed by atoms with Crippen LogP contribution in [0.25, 0.3) is 21.9 Å². The summed E-state index contributed by atoms with van der Waals surface area (Å²) in [6, 6.07) is 18.0. The van der Waals surface area contributed by atoms with Gasteiger partial charge in [0.1, 0.15) is 13.2 Å². The Morgan fingerprint density at radius 2 is 1.69 bits per heavy atom. The van der Waals surface area contributed by atoms with Gasteiger partial charge in [0.05, 0.1) is 0 Å². The highest BCUT2D eigenvalue weighted by atomic mass is 16.6. The third kappa shape index (κ3) is 3.09. The number of hydrogen-bond donors (Lipinski definition) is 1. The molecule has 6 nitrogen and oxygen atoms in total. The maximum absolute atomic E-state index is 13.7. The maximum Gasteiger partial charge on any atom is 0.255 e. The van der Waals surface area contributed by atoms with Gasteiger partial charge in [0.15, 0.2) is 11.5 Å². The molecule has 3 aliphatic heterocycles. The molecule has 3 aromatic carbocycles. The summed E-state index contributed by atoms with van der Waals surface area (Å²) in [5, 5.41) is 4.89. The highest BCUT2D eigenvalue weighted by Gasteiger charge is 2.40. The van der Waals surface area contributed by atoms with Crippen LogP contribution in [0.15, 0.2) is 54.6 Å². The van der Waals surface area contributed by atoms with Gasteiger partial charge in [-0.2, -0.15) is 0 Å². The summed E-state index contributed by atoms with van der Waals surface area (Å²) < 4.78 is 11.4. The van der Waals surface area contributed by atoms with Crippen molar-refractivity contribution in [2.24, 2.45) is 0 Å². The summed E-state index contributed by atoms with van der Waals surface area (Å²) in [5.41, 5.74) is 2.76. The number of carbonyl (C=O) groups is 2. The minimum atomic E-state index is -0.0220. The van der Waals surface area contributed by atoms with Crippen molar-refractivity contribution >= 4 is 22.6 Å². The molecule has 32 heavy (non-hydrogen) atoms. The highest BCUT2D eigenvalue weighted by Crippen LogP contribution is 2.38. The van der Waals surface area contributed by atoms with E-state index in [9.17, 15) is 9.59 Å². The predicted octanol–water partition coefficient (Wildman–Crippen LogP) is 3.77. The van der Waals surface area contributed by atoms with E-state index in [1.807, 2.05) is 53.4 Å². The average molecular weight is 428 g/mol. The van der Waals surface area contributed by atoms with Crippen molar-refractivity contribution in [1.29, 1.82) is 0 Å². The molecular weight excluding hydrogens is 404 g/mol. The van der Waals surface area contributed by atoms with Gasteiger partial charge in [-0.25, -0.2) is 0 Å². The fraction of sp³-hybridized carbons (Fsp3) is 0.308. The Morgan fingerprint density at radius 1 is 0.906 bits per heavy atom. The van der Waals surface area contributed by atoms with Crippen molar-refractivity contribution in [2.75, 3.05) is 19.8 Å². The molecule has 0 aromatic heterocycles. The molecule has 2 amide bonds. The van der Waals surface area contributed by atoms with E-state index >= 15 is 0 Å². The van der Waals surface area contributed by atoms with Crippen LogP contribution in [0.1, 0.15) is 29.6 Å². The summed E-state index contributed by atoms with van der Waals surface area (Å²) >= 11 is 0. The number of hydrogen-bond acceptors (Lipinski definition) is 4. The number of amides is 2. The topological polar surface area (TPSA) is 67.9 Å². The van der Waals surface area contributed by atoms with Crippen LogP contribution < -0.4 is 14.8 Å². The number of nitrogens with zero attached hydrogens (tertiary/aromatic N) is 1. The lowest BCUT2D eigenvalue weighted by atomic mass is 9.94. The number of rotatable bonds is 2. The van der Waals surface area contributed by atoms with E-state index < -0.39 is 0 Å². The molecule has 3 heterocycles. The van der Waals surface area contributed by atoms with Crippen LogP contribution >= 0.6 is 0 Å². The lowest BCUT2D eigenvalue weighted by Crippen LogP contribution is -2.42. The first-order valence-corrected chi connectivity index (χ1v) is 11.2. The molecule has 0 spiro atoms. The zero-order valence-corrected chi connectivity index (χ0v) is 17.7. The van der Waals surface area contributed by atoms with Crippen LogP contribution in [0, 0.1) is 0 Å². The van der Waals surface area contributed by atoms with Crippen molar-refractivity contribution < 1.29 is 19.1 Å². The van der Waals surface area contributed by atoms with E-state index in [-0.39, 0.29) is 23.9 Å². The molecule has 1 N–H and O–H groups in total. The molecule has 2 fully saturated rings. The van der Waals surface area contributed by atoms with E-state index in [0.29, 0.717) is 31.7 Å². The predicted molar refractivity (Wildman–Crippen MR) is 121 cm³/mol. The van der Waals surface area contributed by atoms with Gasteiger partial charge >= 0.3 is 0 Å². The Labute approximate surface area is 186 Å². The van der Waals surface area contributed by atoms with Crippen molar-refractivity contribution in [1.82, 2.24) is 10.2 Å². The lowest BCUT2D eigenvalue weighted by Gasteiger charge is -2.28. The first kappa shape index (κ1) is 19.2. The second kappa shape index (κ2) is 7.55. The highest BCUT2D eigenvalue weighted by molar-refractivity contribution is 6.11. The molecule has 0 radical (unpaired) electrons. The number of benzene rings is 3. The van der Waals surface area contributed by atoms with E-state index in [0.717, 1.165) is 46.2 Å². The van der Waals surface area contributed by atoms with Crippen molar-refractivity contribution in [3.05, 3.63) is 60.2 Å². The van der Waals surface area contributed by atoms with Gasteiger partial charge in [0, 0.05) is 30.6 Å². The molecule has 2 bridgehead atoms. The lowest BCUT2D eigenvalue weighted by molar-refractivity contribution is -0.121. The second-order valence-electron chi connectivity index (χ2n) is 8.67. The molecule has 3 aromatic rings. The van der Waals surface area contributed by atoms with Crippen LogP contribution in [-0.4, -0.2) is 48.6 Å². The van der Waals surface area contributed by atoms with Crippen LogP contribution in [0.4, 0.5) is 0 Å². The zero-order valence-electron chi connectivity index (χ0n) is 17.7. The third-order valence-electron chi connectivity index (χ3n) is 6.82. The van der Waals surface area contributed by atoms with E-state index in [4.69, 9.17) is 9.47 Å². The Balaban J connectivity index is 1.43. The number of fused-ring (bicyclic) bond motifs is 4. The fourth-order valence-corrected chi connectivity index (χ4v) is 5.30. The molecule has 0 saturated carbocycles. The first-order valence-electron chi connectivity index (χ1n) is 11.2. The minimum absolute atomic E-state index is 0.0129. The maximum atomic E-state index is 13.7. The Morgan fingerprint density at radius 3 is 2.56 bits per heavy atom. The molecule has 6 heteroatoms. The van der Waals surface area contributed by atoms with Gasteiger partial charge in [-0.1, -0.05) is 36.4 Å².